The molecule has 1 atom stereocenters. The Bertz CT molecular complexity index is 455. The first-order valence-corrected chi connectivity index (χ1v) is 5.28. The molecule has 82 valence electrons. The predicted molar refractivity (Wildman–Crippen MR) is 63.7 cm³/mol. The first-order chi connectivity index (χ1) is 7.68. The van der Waals surface area contributed by atoms with Crippen LogP contribution in [0.2, 0.25) is 0 Å². The first kappa shape index (κ1) is 10.7. The van der Waals surface area contributed by atoms with Gasteiger partial charge in [-0.05, 0) is 31.1 Å². The van der Waals surface area contributed by atoms with E-state index in [-0.39, 0.29) is 5.78 Å². The summed E-state index contributed by atoms with van der Waals surface area (Å²) < 4.78 is 5.33. The van der Waals surface area contributed by atoms with E-state index in [9.17, 15) is 4.79 Å². The Kier molecular flexibility index (Phi) is 2.91. The largest absolute Gasteiger partial charge is 0.485 e. The van der Waals surface area contributed by atoms with Crippen LogP contribution in [0.25, 0.3) is 6.08 Å². The highest BCUT2D eigenvalue weighted by Gasteiger charge is 2.26. The molecule has 2 nitrogen and oxygen atoms in total. The van der Waals surface area contributed by atoms with Gasteiger partial charge in [-0.15, -0.1) is 0 Å². The van der Waals surface area contributed by atoms with Crippen LogP contribution in [0.1, 0.15) is 19.4 Å². The standard InChI is InChI=1S/C14H14O2/c1-10-9-16-14(11(2)15)13(10)8-12-6-4-3-5-7-12/h3-9,14H,1-2H3. The molecule has 1 unspecified atom stereocenters. The summed E-state index contributed by atoms with van der Waals surface area (Å²) >= 11 is 0. The Balaban J connectivity index is 2.34. The summed E-state index contributed by atoms with van der Waals surface area (Å²) in [6.07, 6.45) is 3.23. The monoisotopic (exact) mass is 214 g/mol. The molecule has 0 bridgehead atoms. The molecule has 1 aromatic carbocycles. The third kappa shape index (κ3) is 2.06. The summed E-state index contributed by atoms with van der Waals surface area (Å²) in [6, 6.07) is 9.94. The quantitative estimate of drug-likeness (QED) is 0.756. The second kappa shape index (κ2) is 4.35. The van der Waals surface area contributed by atoms with Gasteiger partial charge < -0.3 is 4.74 Å². The molecule has 2 rings (SSSR count). The van der Waals surface area contributed by atoms with Gasteiger partial charge in [0.15, 0.2) is 11.9 Å². The predicted octanol–water partition coefficient (Wildman–Crippen LogP) is 2.96. The Morgan fingerprint density at radius 3 is 2.62 bits per heavy atom. The van der Waals surface area contributed by atoms with Gasteiger partial charge in [0, 0.05) is 5.57 Å². The highest BCUT2D eigenvalue weighted by Crippen LogP contribution is 2.27. The minimum atomic E-state index is -0.430. The van der Waals surface area contributed by atoms with Crippen molar-refractivity contribution in [1.82, 2.24) is 0 Å². The molecule has 0 radical (unpaired) electrons. The van der Waals surface area contributed by atoms with Crippen molar-refractivity contribution in [2.24, 2.45) is 0 Å². The number of ketones is 1. The molecule has 0 aliphatic carbocycles. The van der Waals surface area contributed by atoms with Crippen molar-refractivity contribution in [3.63, 3.8) is 0 Å². The minimum Gasteiger partial charge on any atom is -0.485 e. The Morgan fingerprint density at radius 2 is 2.00 bits per heavy atom. The summed E-state index contributed by atoms with van der Waals surface area (Å²) in [5.41, 5.74) is 3.06. The molecule has 1 aromatic rings. The van der Waals surface area contributed by atoms with Gasteiger partial charge in [0.1, 0.15) is 0 Å². The number of rotatable bonds is 2. The van der Waals surface area contributed by atoms with Crippen molar-refractivity contribution in [3.05, 3.63) is 53.3 Å². The van der Waals surface area contributed by atoms with E-state index >= 15 is 0 Å². The lowest BCUT2D eigenvalue weighted by molar-refractivity contribution is -0.122. The van der Waals surface area contributed by atoms with E-state index < -0.39 is 6.10 Å². The zero-order valence-electron chi connectivity index (χ0n) is 9.44. The summed E-state index contributed by atoms with van der Waals surface area (Å²) in [5.74, 6) is 0.0373. The van der Waals surface area contributed by atoms with Gasteiger partial charge in [0.2, 0.25) is 0 Å². The van der Waals surface area contributed by atoms with Gasteiger partial charge in [-0.1, -0.05) is 30.3 Å². The smallest absolute Gasteiger partial charge is 0.181 e. The Labute approximate surface area is 95.2 Å². The lowest BCUT2D eigenvalue weighted by atomic mass is 9.99. The van der Waals surface area contributed by atoms with Gasteiger partial charge >= 0.3 is 0 Å². The molecular formula is C14H14O2. The van der Waals surface area contributed by atoms with Crippen molar-refractivity contribution in [1.29, 1.82) is 0 Å². The molecule has 0 spiro atoms. The van der Waals surface area contributed by atoms with E-state index in [4.69, 9.17) is 4.74 Å². The summed E-state index contributed by atoms with van der Waals surface area (Å²) in [6.45, 7) is 3.51. The van der Waals surface area contributed by atoms with Crippen LogP contribution in [0.15, 0.2) is 47.7 Å². The van der Waals surface area contributed by atoms with E-state index in [0.29, 0.717) is 0 Å². The number of Topliss-reactive ketones (excluding diaryl/α,β-unsaturated/α-hetero) is 1. The van der Waals surface area contributed by atoms with Gasteiger partial charge in [0.25, 0.3) is 0 Å². The zero-order chi connectivity index (χ0) is 11.5. The fraction of sp³-hybridized carbons (Fsp3) is 0.214. The van der Waals surface area contributed by atoms with Crippen molar-refractivity contribution in [2.75, 3.05) is 0 Å². The maximum atomic E-state index is 11.4. The second-order valence-corrected chi connectivity index (χ2v) is 3.94. The Hall–Kier alpha value is -1.83. The van der Waals surface area contributed by atoms with Crippen LogP contribution in [0.5, 0.6) is 0 Å². The van der Waals surface area contributed by atoms with Crippen LogP contribution in [0.3, 0.4) is 0 Å². The molecule has 0 saturated carbocycles. The highest BCUT2D eigenvalue weighted by molar-refractivity contribution is 5.87. The lowest BCUT2D eigenvalue weighted by Gasteiger charge is -2.09. The molecule has 0 aromatic heterocycles. The van der Waals surface area contributed by atoms with Crippen LogP contribution < -0.4 is 0 Å². The highest BCUT2D eigenvalue weighted by atomic mass is 16.5. The average Bonchev–Trinajstić information content (AvgIpc) is 2.62. The molecule has 0 amide bonds. The molecule has 1 aliphatic heterocycles. The van der Waals surface area contributed by atoms with E-state index in [1.807, 2.05) is 43.3 Å². The van der Waals surface area contributed by atoms with E-state index in [0.717, 1.165) is 16.7 Å². The first-order valence-electron chi connectivity index (χ1n) is 5.28. The van der Waals surface area contributed by atoms with E-state index in [2.05, 4.69) is 0 Å². The average molecular weight is 214 g/mol. The van der Waals surface area contributed by atoms with Crippen molar-refractivity contribution < 1.29 is 9.53 Å². The van der Waals surface area contributed by atoms with Crippen LogP contribution in [0.4, 0.5) is 0 Å². The van der Waals surface area contributed by atoms with Gasteiger partial charge in [-0.2, -0.15) is 0 Å². The van der Waals surface area contributed by atoms with Gasteiger partial charge in [-0.3, -0.25) is 4.79 Å². The van der Waals surface area contributed by atoms with Crippen molar-refractivity contribution in [3.8, 4) is 0 Å². The maximum Gasteiger partial charge on any atom is 0.181 e. The molecule has 2 heteroatoms. The fourth-order valence-electron chi connectivity index (χ4n) is 1.75. The molecule has 16 heavy (non-hydrogen) atoms. The molecular weight excluding hydrogens is 200 g/mol. The fourth-order valence-corrected chi connectivity index (χ4v) is 1.75. The summed E-state index contributed by atoms with van der Waals surface area (Å²) in [7, 11) is 0. The SMILES string of the molecule is CC(=O)C1OC=C(C)C1=Cc1ccccc1. The van der Waals surface area contributed by atoms with Gasteiger partial charge in [0.05, 0.1) is 6.26 Å². The third-order valence-electron chi connectivity index (χ3n) is 2.61. The lowest BCUT2D eigenvalue weighted by Crippen LogP contribution is -2.18. The zero-order valence-corrected chi connectivity index (χ0v) is 9.44. The van der Waals surface area contributed by atoms with Crippen LogP contribution in [0, 0.1) is 0 Å². The van der Waals surface area contributed by atoms with Gasteiger partial charge in [-0.25, -0.2) is 0 Å². The molecule has 0 saturated heterocycles. The number of hydrogen-bond donors (Lipinski definition) is 0. The normalized spacial score (nSPS) is 21.8. The molecule has 1 heterocycles. The van der Waals surface area contributed by atoms with Crippen LogP contribution in [-0.4, -0.2) is 11.9 Å². The number of carbonyl (C=O) groups is 1. The molecule has 1 aliphatic rings. The number of benzene rings is 1. The topological polar surface area (TPSA) is 26.3 Å². The molecule has 0 fully saturated rings. The minimum absolute atomic E-state index is 0.0373. The van der Waals surface area contributed by atoms with E-state index in [1.165, 1.54) is 0 Å². The van der Waals surface area contributed by atoms with Crippen LogP contribution >= 0.6 is 0 Å². The number of ether oxygens (including phenoxy) is 1. The summed E-state index contributed by atoms with van der Waals surface area (Å²) in [5, 5.41) is 0. The Morgan fingerprint density at radius 1 is 1.31 bits per heavy atom. The maximum absolute atomic E-state index is 11.4. The number of carbonyl (C=O) groups excluding carboxylic acids is 1. The van der Waals surface area contributed by atoms with Crippen LogP contribution in [-0.2, 0) is 9.53 Å². The van der Waals surface area contributed by atoms with E-state index in [1.54, 1.807) is 13.2 Å². The van der Waals surface area contributed by atoms with Crippen molar-refractivity contribution >= 4 is 11.9 Å². The van der Waals surface area contributed by atoms with Crippen molar-refractivity contribution in [2.45, 2.75) is 20.0 Å². The third-order valence-corrected chi connectivity index (χ3v) is 2.61. The summed E-state index contributed by atoms with van der Waals surface area (Å²) in [4.78, 5) is 11.4. The second-order valence-electron chi connectivity index (χ2n) is 3.94. The molecule has 0 N–H and O–H groups in total. The number of hydrogen-bond acceptors (Lipinski definition) is 2.